The van der Waals surface area contributed by atoms with Crippen LogP contribution in [-0.2, 0) is 0 Å². The Hall–Kier alpha value is -2.40. The van der Waals surface area contributed by atoms with Gasteiger partial charge in [0.1, 0.15) is 5.82 Å². The molecule has 0 aromatic heterocycles. The molecule has 6 heteroatoms. The van der Waals surface area contributed by atoms with Gasteiger partial charge in [-0.1, -0.05) is 43.6 Å². The molecule has 1 heterocycles. The van der Waals surface area contributed by atoms with Crippen LogP contribution in [0.15, 0.2) is 42.5 Å². The number of carbonyl (C=O) groups excluding carboxylic acids is 2. The van der Waals surface area contributed by atoms with Crippen molar-refractivity contribution in [2.24, 2.45) is 0 Å². The standard InChI is InChI=1S/C22H24ClFN2O2/c1-14(2)15-6-8-16(9-7-15)22(28)26-12-10-17(11-13-26)25-21(27)20-18(23)4-3-5-19(20)24/h3-9,14,17H,10-13H2,1-2H3,(H,25,27). The van der Waals surface area contributed by atoms with Gasteiger partial charge in [-0.2, -0.15) is 0 Å². The van der Waals surface area contributed by atoms with Crippen molar-refractivity contribution in [1.29, 1.82) is 0 Å². The van der Waals surface area contributed by atoms with E-state index in [-0.39, 0.29) is 22.5 Å². The van der Waals surface area contributed by atoms with Crippen molar-refractivity contribution < 1.29 is 14.0 Å². The second kappa shape index (κ2) is 8.74. The monoisotopic (exact) mass is 402 g/mol. The predicted octanol–water partition coefficient (Wildman–Crippen LogP) is 4.64. The van der Waals surface area contributed by atoms with Crippen LogP contribution in [0, 0.1) is 5.82 Å². The minimum Gasteiger partial charge on any atom is -0.349 e. The van der Waals surface area contributed by atoms with Gasteiger partial charge in [0.15, 0.2) is 0 Å². The van der Waals surface area contributed by atoms with Crippen LogP contribution in [0.5, 0.6) is 0 Å². The minimum absolute atomic E-state index is 0.00256. The van der Waals surface area contributed by atoms with Crippen molar-refractivity contribution in [1.82, 2.24) is 10.2 Å². The molecule has 3 rings (SSSR count). The molecule has 0 unspecified atom stereocenters. The molecule has 0 aliphatic carbocycles. The Morgan fingerprint density at radius 2 is 1.75 bits per heavy atom. The van der Waals surface area contributed by atoms with E-state index in [9.17, 15) is 14.0 Å². The van der Waals surface area contributed by atoms with Gasteiger partial charge in [0.2, 0.25) is 0 Å². The van der Waals surface area contributed by atoms with Crippen LogP contribution in [0.25, 0.3) is 0 Å². The third kappa shape index (κ3) is 4.53. The zero-order valence-electron chi connectivity index (χ0n) is 16.0. The fourth-order valence-electron chi connectivity index (χ4n) is 3.39. The van der Waals surface area contributed by atoms with E-state index >= 15 is 0 Å². The fraction of sp³-hybridized carbons (Fsp3) is 0.364. The number of rotatable bonds is 4. The SMILES string of the molecule is CC(C)c1ccc(C(=O)N2CCC(NC(=O)c3c(F)cccc3Cl)CC2)cc1. The van der Waals surface area contributed by atoms with Gasteiger partial charge in [0.25, 0.3) is 11.8 Å². The largest absolute Gasteiger partial charge is 0.349 e. The normalized spacial score (nSPS) is 15.0. The Labute approximate surface area is 169 Å². The smallest absolute Gasteiger partial charge is 0.255 e. The van der Waals surface area contributed by atoms with Crippen LogP contribution in [0.2, 0.25) is 5.02 Å². The Kier molecular flexibility index (Phi) is 6.35. The highest BCUT2D eigenvalue weighted by atomic mass is 35.5. The number of hydrogen-bond acceptors (Lipinski definition) is 2. The molecular weight excluding hydrogens is 379 g/mol. The molecule has 0 radical (unpaired) electrons. The maximum Gasteiger partial charge on any atom is 0.255 e. The van der Waals surface area contributed by atoms with E-state index in [2.05, 4.69) is 19.2 Å². The summed E-state index contributed by atoms with van der Waals surface area (Å²) < 4.78 is 13.9. The van der Waals surface area contributed by atoms with Crippen molar-refractivity contribution >= 4 is 23.4 Å². The summed E-state index contributed by atoms with van der Waals surface area (Å²) in [5.74, 6) is -0.733. The summed E-state index contributed by atoms with van der Waals surface area (Å²) in [6, 6.07) is 11.8. The van der Waals surface area contributed by atoms with E-state index < -0.39 is 11.7 Å². The molecule has 4 nitrogen and oxygen atoms in total. The molecule has 0 saturated carbocycles. The van der Waals surface area contributed by atoms with Gasteiger partial charge in [-0.3, -0.25) is 9.59 Å². The summed E-state index contributed by atoms with van der Waals surface area (Å²) in [4.78, 5) is 26.8. The maximum atomic E-state index is 13.9. The number of likely N-dealkylation sites (tertiary alicyclic amines) is 1. The third-order valence-corrected chi connectivity index (χ3v) is 5.45. The maximum absolute atomic E-state index is 13.9. The van der Waals surface area contributed by atoms with Gasteiger partial charge in [0.05, 0.1) is 10.6 Å². The number of carbonyl (C=O) groups is 2. The van der Waals surface area contributed by atoms with Crippen molar-refractivity contribution in [3.63, 3.8) is 0 Å². The van der Waals surface area contributed by atoms with Crippen LogP contribution in [-0.4, -0.2) is 35.8 Å². The number of amides is 2. The molecular formula is C22H24ClFN2O2. The molecule has 0 spiro atoms. The molecule has 1 saturated heterocycles. The number of nitrogens with one attached hydrogen (secondary N) is 1. The molecule has 1 fully saturated rings. The highest BCUT2D eigenvalue weighted by molar-refractivity contribution is 6.33. The van der Waals surface area contributed by atoms with Crippen LogP contribution in [0.3, 0.4) is 0 Å². The van der Waals surface area contributed by atoms with E-state index in [0.717, 1.165) is 0 Å². The lowest BCUT2D eigenvalue weighted by Crippen LogP contribution is -2.46. The number of piperidine rings is 1. The van der Waals surface area contributed by atoms with Gasteiger partial charge >= 0.3 is 0 Å². The molecule has 1 aliphatic rings. The number of nitrogens with zero attached hydrogens (tertiary/aromatic N) is 1. The van der Waals surface area contributed by atoms with E-state index in [4.69, 9.17) is 11.6 Å². The number of benzene rings is 2. The van der Waals surface area contributed by atoms with Crippen molar-refractivity contribution in [3.05, 3.63) is 70.0 Å². The van der Waals surface area contributed by atoms with Crippen LogP contribution in [0.1, 0.15) is 58.9 Å². The molecule has 148 valence electrons. The van der Waals surface area contributed by atoms with E-state index in [1.807, 2.05) is 24.3 Å². The second-order valence-corrected chi connectivity index (χ2v) is 7.82. The highest BCUT2D eigenvalue weighted by Gasteiger charge is 2.26. The Bertz CT molecular complexity index is 839. The van der Waals surface area contributed by atoms with Crippen molar-refractivity contribution in [3.8, 4) is 0 Å². The summed E-state index contributed by atoms with van der Waals surface area (Å²) in [7, 11) is 0. The van der Waals surface area contributed by atoms with Crippen molar-refractivity contribution in [2.75, 3.05) is 13.1 Å². The predicted molar refractivity (Wildman–Crippen MR) is 108 cm³/mol. The van der Waals surface area contributed by atoms with E-state index in [0.29, 0.717) is 37.4 Å². The highest BCUT2D eigenvalue weighted by Crippen LogP contribution is 2.21. The summed E-state index contributed by atoms with van der Waals surface area (Å²) in [5, 5.41) is 2.93. The summed E-state index contributed by atoms with van der Waals surface area (Å²) in [5.41, 5.74) is 1.74. The Morgan fingerprint density at radius 3 is 2.32 bits per heavy atom. The zero-order valence-corrected chi connectivity index (χ0v) is 16.8. The molecule has 2 aromatic carbocycles. The fourth-order valence-corrected chi connectivity index (χ4v) is 3.64. The summed E-state index contributed by atoms with van der Waals surface area (Å²) >= 11 is 5.95. The second-order valence-electron chi connectivity index (χ2n) is 7.41. The summed E-state index contributed by atoms with van der Waals surface area (Å²) in [6.07, 6.45) is 1.24. The molecule has 2 amide bonds. The average molecular weight is 403 g/mol. The first kappa shape index (κ1) is 20.3. The van der Waals surface area contributed by atoms with Gasteiger partial charge in [-0.05, 0) is 48.6 Å². The molecule has 1 aliphatic heterocycles. The van der Waals surface area contributed by atoms with Crippen LogP contribution >= 0.6 is 11.6 Å². The lowest BCUT2D eigenvalue weighted by Gasteiger charge is -2.32. The van der Waals surface area contributed by atoms with E-state index in [1.165, 1.54) is 23.8 Å². The molecule has 28 heavy (non-hydrogen) atoms. The minimum atomic E-state index is -0.637. The zero-order chi connectivity index (χ0) is 20.3. The van der Waals surface area contributed by atoms with Crippen LogP contribution < -0.4 is 5.32 Å². The molecule has 1 N–H and O–H groups in total. The Morgan fingerprint density at radius 1 is 1.11 bits per heavy atom. The molecule has 2 aromatic rings. The number of halogens is 2. The topological polar surface area (TPSA) is 49.4 Å². The quantitative estimate of drug-likeness (QED) is 0.810. The van der Waals surface area contributed by atoms with E-state index in [1.54, 1.807) is 4.90 Å². The molecule has 0 atom stereocenters. The first-order chi connectivity index (χ1) is 13.4. The lowest BCUT2D eigenvalue weighted by molar-refractivity contribution is 0.0698. The number of hydrogen-bond donors (Lipinski definition) is 1. The van der Waals surface area contributed by atoms with Gasteiger partial charge in [0, 0.05) is 24.7 Å². The summed E-state index contributed by atoms with van der Waals surface area (Å²) in [6.45, 7) is 5.32. The first-order valence-corrected chi connectivity index (χ1v) is 9.88. The Balaban J connectivity index is 1.57. The van der Waals surface area contributed by atoms with Crippen molar-refractivity contribution in [2.45, 2.75) is 38.6 Å². The average Bonchev–Trinajstić information content (AvgIpc) is 2.68. The van der Waals surface area contributed by atoms with Crippen LogP contribution in [0.4, 0.5) is 4.39 Å². The van der Waals surface area contributed by atoms with Gasteiger partial charge in [-0.15, -0.1) is 0 Å². The molecule has 0 bridgehead atoms. The van der Waals surface area contributed by atoms with Gasteiger partial charge in [-0.25, -0.2) is 4.39 Å². The van der Waals surface area contributed by atoms with Gasteiger partial charge < -0.3 is 10.2 Å². The first-order valence-electron chi connectivity index (χ1n) is 9.51. The third-order valence-electron chi connectivity index (χ3n) is 5.13. The lowest BCUT2D eigenvalue weighted by atomic mass is 10.00.